The van der Waals surface area contributed by atoms with E-state index in [0.717, 1.165) is 41.2 Å². The van der Waals surface area contributed by atoms with Crippen LogP contribution < -0.4 is 10.2 Å². The fourth-order valence-electron chi connectivity index (χ4n) is 2.98. The van der Waals surface area contributed by atoms with Gasteiger partial charge in [0.05, 0.1) is 5.69 Å². The fourth-order valence-corrected chi connectivity index (χ4v) is 3.96. The van der Waals surface area contributed by atoms with Crippen molar-refractivity contribution in [1.82, 2.24) is 15.3 Å². The lowest BCUT2D eigenvalue weighted by Crippen LogP contribution is -2.52. The Morgan fingerprint density at radius 2 is 2.11 bits per heavy atom. The lowest BCUT2D eigenvalue weighted by atomic mass is 9.67. The molecule has 7 nitrogen and oxygen atoms in total. The summed E-state index contributed by atoms with van der Waals surface area (Å²) in [6, 6.07) is 1.75. The number of thiazole rings is 1. The van der Waals surface area contributed by atoms with Crippen molar-refractivity contribution < 1.29 is 18.4 Å². The van der Waals surface area contributed by atoms with Crippen LogP contribution in [0.5, 0.6) is 0 Å². The molecule has 2 aromatic heterocycles. The van der Waals surface area contributed by atoms with Crippen LogP contribution >= 0.6 is 11.3 Å². The summed E-state index contributed by atoms with van der Waals surface area (Å²) in [5.74, 6) is -2.63. The fraction of sp³-hybridized carbons (Fsp3) is 0.389. The molecule has 1 N–H and O–H groups in total. The molecule has 0 spiro atoms. The number of hydrogen-bond acceptors (Lipinski definition) is 7. The molecule has 1 aliphatic rings. The zero-order valence-electron chi connectivity index (χ0n) is 15.2. The number of amides is 1. The third kappa shape index (κ3) is 3.84. The Kier molecular flexibility index (Phi) is 5.38. The van der Waals surface area contributed by atoms with Crippen molar-refractivity contribution in [3.63, 3.8) is 0 Å². The van der Waals surface area contributed by atoms with Gasteiger partial charge in [-0.25, -0.2) is 9.88 Å². The summed E-state index contributed by atoms with van der Waals surface area (Å²) in [5.41, 5.74) is -0.111. The largest absolute Gasteiger partial charge is 0.347 e. The molecule has 2 heterocycles. The number of hydrogen-bond donors (Lipinski definition) is 1. The molecule has 1 unspecified atom stereocenters. The number of carbonyl (C=O) groups is 2. The molecule has 28 heavy (non-hydrogen) atoms. The van der Waals surface area contributed by atoms with E-state index in [2.05, 4.69) is 15.3 Å². The highest BCUT2D eigenvalue weighted by molar-refractivity contribution is 7.16. The first-order valence-electron chi connectivity index (χ1n) is 8.52. The number of carbonyl (C=O) groups excluding carboxylic acids is 2. The quantitative estimate of drug-likeness (QED) is 0.343. The molecular formula is C18H17F2N5O2S. The van der Waals surface area contributed by atoms with Crippen LogP contribution in [0.4, 0.5) is 19.6 Å². The van der Waals surface area contributed by atoms with Crippen molar-refractivity contribution in [2.45, 2.75) is 39.2 Å². The van der Waals surface area contributed by atoms with Gasteiger partial charge in [-0.05, 0) is 18.3 Å². The minimum atomic E-state index is -1.09. The molecule has 0 bridgehead atoms. The van der Waals surface area contributed by atoms with E-state index in [1.807, 2.05) is 13.8 Å². The monoisotopic (exact) mass is 405 g/mol. The predicted molar refractivity (Wildman–Crippen MR) is 98.1 cm³/mol. The van der Waals surface area contributed by atoms with Gasteiger partial charge in [-0.15, -0.1) is 0 Å². The van der Waals surface area contributed by atoms with Crippen LogP contribution in [0, 0.1) is 28.8 Å². The Morgan fingerprint density at radius 1 is 1.43 bits per heavy atom. The summed E-state index contributed by atoms with van der Waals surface area (Å²) in [5, 5.41) is 12.4. The average molecular weight is 405 g/mol. The molecule has 1 atom stereocenters. The second kappa shape index (κ2) is 7.59. The van der Waals surface area contributed by atoms with Crippen molar-refractivity contribution in [3.05, 3.63) is 34.6 Å². The van der Waals surface area contributed by atoms with Crippen LogP contribution in [0.1, 0.15) is 42.1 Å². The van der Waals surface area contributed by atoms with Gasteiger partial charge in [0, 0.05) is 29.5 Å². The topological polar surface area (TPSA) is 99.0 Å². The minimum Gasteiger partial charge on any atom is -0.347 e. The van der Waals surface area contributed by atoms with Crippen molar-refractivity contribution in [2.75, 3.05) is 4.90 Å². The van der Waals surface area contributed by atoms with E-state index in [9.17, 15) is 23.6 Å². The molecule has 1 fully saturated rings. The van der Waals surface area contributed by atoms with Gasteiger partial charge in [0.2, 0.25) is 17.0 Å². The second-order valence-electron chi connectivity index (χ2n) is 7.10. The summed E-state index contributed by atoms with van der Waals surface area (Å²) in [6.07, 6.45) is 4.19. The van der Waals surface area contributed by atoms with Crippen LogP contribution in [0.25, 0.3) is 0 Å². The van der Waals surface area contributed by atoms with Crippen molar-refractivity contribution in [3.8, 4) is 6.19 Å². The lowest BCUT2D eigenvalue weighted by molar-refractivity contribution is -0.107. The molecule has 1 amide bonds. The molecule has 0 aliphatic heterocycles. The van der Waals surface area contributed by atoms with Gasteiger partial charge in [-0.3, -0.25) is 4.79 Å². The van der Waals surface area contributed by atoms with Gasteiger partial charge in [-0.2, -0.15) is 19.0 Å². The van der Waals surface area contributed by atoms with Crippen molar-refractivity contribution in [1.29, 1.82) is 5.26 Å². The number of nitriles is 1. The van der Waals surface area contributed by atoms with E-state index in [-0.39, 0.29) is 34.4 Å². The maximum atomic E-state index is 13.4. The van der Waals surface area contributed by atoms with Gasteiger partial charge in [0.25, 0.3) is 5.91 Å². The molecule has 0 aromatic carbocycles. The number of halogens is 2. The number of nitrogens with zero attached hydrogens (tertiary/aromatic N) is 4. The Labute approximate surface area is 164 Å². The average Bonchev–Trinajstić information content (AvgIpc) is 3.02. The molecule has 3 rings (SSSR count). The highest BCUT2D eigenvalue weighted by atomic mass is 32.1. The maximum absolute atomic E-state index is 13.4. The number of aldehydes is 1. The van der Waals surface area contributed by atoms with Gasteiger partial charge >= 0.3 is 0 Å². The molecule has 1 aliphatic carbocycles. The van der Waals surface area contributed by atoms with Gasteiger partial charge in [-0.1, -0.05) is 25.2 Å². The first-order valence-corrected chi connectivity index (χ1v) is 9.34. The van der Waals surface area contributed by atoms with Crippen LogP contribution in [0.15, 0.2) is 12.1 Å². The molecule has 0 saturated heterocycles. The predicted octanol–water partition coefficient (Wildman–Crippen LogP) is 3.10. The molecule has 10 heteroatoms. The number of rotatable bonds is 6. The summed E-state index contributed by atoms with van der Waals surface area (Å²) in [4.78, 5) is 32.1. The normalized spacial score (nSPS) is 17.3. The third-order valence-corrected chi connectivity index (χ3v) is 5.86. The molecule has 0 radical (unpaired) electrons. The molecule has 146 valence electrons. The first kappa shape index (κ1) is 19.8. The van der Waals surface area contributed by atoms with E-state index < -0.39 is 17.8 Å². The highest BCUT2D eigenvalue weighted by Crippen LogP contribution is 2.40. The number of aromatic nitrogens is 2. The number of nitrogens with one attached hydrogen (secondary N) is 1. The van der Waals surface area contributed by atoms with Crippen LogP contribution in [0.2, 0.25) is 0 Å². The Balaban J connectivity index is 1.93. The summed E-state index contributed by atoms with van der Waals surface area (Å²) >= 11 is 0.939. The maximum Gasteiger partial charge on any atom is 0.271 e. The Hall–Kier alpha value is -2.93. The summed E-state index contributed by atoms with van der Waals surface area (Å²) in [7, 11) is 0. The van der Waals surface area contributed by atoms with E-state index in [4.69, 9.17) is 0 Å². The van der Waals surface area contributed by atoms with E-state index in [1.54, 1.807) is 6.19 Å². The first-order chi connectivity index (χ1) is 13.2. The SMILES string of the molecule is CC1(C)CCC1NC(=O)c1nc(N(C#N)c2cc(F)nc(F)c2)sc1CC=O. The third-order valence-electron chi connectivity index (χ3n) is 4.79. The van der Waals surface area contributed by atoms with Crippen molar-refractivity contribution >= 4 is 34.3 Å². The zero-order chi connectivity index (χ0) is 20.5. The minimum absolute atomic E-state index is 0.00955. The zero-order valence-corrected chi connectivity index (χ0v) is 16.0. The van der Waals surface area contributed by atoms with Gasteiger partial charge in [0.15, 0.2) is 6.19 Å². The van der Waals surface area contributed by atoms with E-state index >= 15 is 0 Å². The Morgan fingerprint density at radius 3 is 2.61 bits per heavy atom. The lowest BCUT2D eigenvalue weighted by Gasteiger charge is -2.44. The standard InChI is InChI=1S/C18H17F2N5O2S/c1-18(2)5-3-12(18)22-16(27)15-11(4-6-26)28-17(24-15)25(9-21)10-7-13(19)23-14(20)8-10/h6-8,12H,3-5H2,1-2H3,(H,22,27). The smallest absolute Gasteiger partial charge is 0.271 e. The van der Waals surface area contributed by atoms with Crippen LogP contribution in [-0.2, 0) is 11.2 Å². The van der Waals surface area contributed by atoms with Gasteiger partial charge < -0.3 is 10.1 Å². The van der Waals surface area contributed by atoms with E-state index in [1.165, 1.54) is 0 Å². The van der Waals surface area contributed by atoms with Crippen LogP contribution in [-0.4, -0.2) is 28.2 Å². The molecule has 1 saturated carbocycles. The highest BCUT2D eigenvalue weighted by Gasteiger charge is 2.40. The van der Waals surface area contributed by atoms with Crippen LogP contribution in [0.3, 0.4) is 0 Å². The number of pyridine rings is 1. The van der Waals surface area contributed by atoms with Gasteiger partial charge in [0.1, 0.15) is 12.0 Å². The summed E-state index contributed by atoms with van der Waals surface area (Å²) < 4.78 is 26.8. The molecular weight excluding hydrogens is 388 g/mol. The van der Waals surface area contributed by atoms with E-state index in [0.29, 0.717) is 11.2 Å². The summed E-state index contributed by atoms with van der Waals surface area (Å²) in [6.45, 7) is 4.09. The molecule has 2 aromatic rings. The second-order valence-corrected chi connectivity index (χ2v) is 8.16. The number of anilines is 2. The van der Waals surface area contributed by atoms with Crippen molar-refractivity contribution in [2.24, 2.45) is 5.41 Å². The Bertz CT molecular complexity index is 949.